The predicted molar refractivity (Wildman–Crippen MR) is 101 cm³/mol. The van der Waals surface area contributed by atoms with Crippen LogP contribution in [0.3, 0.4) is 0 Å². The molecule has 7 heteroatoms. The van der Waals surface area contributed by atoms with E-state index in [9.17, 15) is 9.18 Å². The number of hydrogen-bond acceptors (Lipinski definition) is 3. The van der Waals surface area contributed by atoms with Crippen LogP contribution >= 0.6 is 39.9 Å². The summed E-state index contributed by atoms with van der Waals surface area (Å²) in [6, 6.07) is 13.7. The van der Waals surface area contributed by atoms with Crippen molar-refractivity contribution in [3.8, 4) is 0 Å². The fourth-order valence-electron chi connectivity index (χ4n) is 3.00. The highest BCUT2D eigenvalue weighted by Crippen LogP contribution is 2.46. The molecule has 0 bridgehead atoms. The molecule has 0 saturated carbocycles. The summed E-state index contributed by atoms with van der Waals surface area (Å²) in [5, 5.41) is 0.500. The maximum absolute atomic E-state index is 13.2. The summed E-state index contributed by atoms with van der Waals surface area (Å²) in [4.78, 5) is 16.3. The van der Waals surface area contributed by atoms with Gasteiger partial charge in [0.05, 0.1) is 5.69 Å². The maximum Gasteiger partial charge on any atom is 0.257 e. The minimum Gasteiger partial charge on any atom is -0.319 e. The zero-order valence-electron chi connectivity index (χ0n) is 12.4. The van der Waals surface area contributed by atoms with Crippen LogP contribution in [0.25, 0.3) is 0 Å². The lowest BCUT2D eigenvalue weighted by atomic mass is 10.2. The zero-order valence-corrected chi connectivity index (χ0v) is 15.6. The molecule has 2 fully saturated rings. The van der Waals surface area contributed by atoms with Crippen molar-refractivity contribution in [3.05, 3.63) is 64.4 Å². The zero-order chi connectivity index (χ0) is 16.8. The number of halogens is 2. The number of anilines is 1. The Kier molecular flexibility index (Phi) is 4.10. The van der Waals surface area contributed by atoms with E-state index in [0.717, 1.165) is 10.0 Å². The third-order valence-corrected chi connectivity index (χ3v) is 6.40. The van der Waals surface area contributed by atoms with Gasteiger partial charge in [-0.1, -0.05) is 28.1 Å². The molecule has 2 saturated heterocycles. The molecule has 0 N–H and O–H groups in total. The van der Waals surface area contributed by atoms with Crippen LogP contribution in [-0.2, 0) is 4.79 Å². The van der Waals surface area contributed by atoms with Crippen LogP contribution in [-0.4, -0.2) is 27.7 Å². The number of thioether (sulfide) groups is 1. The predicted octanol–water partition coefficient (Wildman–Crippen LogP) is 4.34. The van der Waals surface area contributed by atoms with E-state index in [1.54, 1.807) is 23.9 Å². The Bertz CT molecular complexity index is 812. The number of benzene rings is 2. The Hall–Kier alpha value is -1.44. The van der Waals surface area contributed by atoms with Crippen molar-refractivity contribution in [1.82, 2.24) is 4.90 Å². The summed E-state index contributed by atoms with van der Waals surface area (Å²) in [6.45, 7) is 0. The molecule has 24 heavy (non-hydrogen) atoms. The number of amides is 1. The van der Waals surface area contributed by atoms with Crippen LogP contribution in [0.4, 0.5) is 10.1 Å². The van der Waals surface area contributed by atoms with Gasteiger partial charge in [-0.25, -0.2) is 4.39 Å². The summed E-state index contributed by atoms with van der Waals surface area (Å²) >= 11 is 10.7. The highest BCUT2D eigenvalue weighted by Gasteiger charge is 2.50. The van der Waals surface area contributed by atoms with Gasteiger partial charge in [0.15, 0.2) is 5.11 Å². The average molecular weight is 423 g/mol. The Labute approximate surface area is 156 Å². The Morgan fingerprint density at radius 3 is 2.46 bits per heavy atom. The van der Waals surface area contributed by atoms with Crippen LogP contribution < -0.4 is 4.90 Å². The van der Waals surface area contributed by atoms with E-state index in [1.165, 1.54) is 17.0 Å². The number of fused-ring (bicyclic) bond motifs is 1. The number of rotatable bonds is 2. The van der Waals surface area contributed by atoms with Gasteiger partial charge in [0.2, 0.25) is 0 Å². The molecular weight excluding hydrogens is 411 g/mol. The number of nitrogens with zero attached hydrogens (tertiary/aromatic N) is 2. The minimum absolute atomic E-state index is 0.0185. The fraction of sp³-hybridized carbons (Fsp3) is 0.176. The quantitative estimate of drug-likeness (QED) is 0.671. The average Bonchev–Trinajstić information content (AvgIpc) is 3.11. The van der Waals surface area contributed by atoms with E-state index in [0.29, 0.717) is 16.6 Å². The van der Waals surface area contributed by atoms with Crippen molar-refractivity contribution in [2.24, 2.45) is 0 Å². The third-order valence-electron chi connectivity index (χ3n) is 4.16. The monoisotopic (exact) mass is 422 g/mol. The summed E-state index contributed by atoms with van der Waals surface area (Å²) < 4.78 is 14.2. The summed E-state index contributed by atoms with van der Waals surface area (Å²) in [6.07, 6.45) is 0. The Morgan fingerprint density at radius 2 is 1.79 bits per heavy atom. The third kappa shape index (κ3) is 2.55. The van der Waals surface area contributed by atoms with E-state index in [2.05, 4.69) is 15.9 Å². The Morgan fingerprint density at radius 1 is 1.12 bits per heavy atom. The molecule has 2 atom stereocenters. The van der Waals surface area contributed by atoms with Gasteiger partial charge in [0.1, 0.15) is 17.2 Å². The minimum atomic E-state index is -0.333. The molecule has 0 aliphatic carbocycles. The summed E-state index contributed by atoms with van der Waals surface area (Å²) in [7, 11) is 0. The second-order valence-corrected chi connectivity index (χ2v) is 7.99. The molecule has 4 rings (SSSR count). The molecule has 0 radical (unpaired) electrons. The lowest BCUT2D eigenvalue weighted by Crippen LogP contribution is -2.33. The first kappa shape index (κ1) is 16.1. The molecule has 2 aliphatic heterocycles. The van der Waals surface area contributed by atoms with Crippen LogP contribution in [0, 0.1) is 5.82 Å². The lowest BCUT2D eigenvalue weighted by Gasteiger charge is -2.25. The van der Waals surface area contributed by atoms with Crippen molar-refractivity contribution in [2.75, 3.05) is 10.7 Å². The summed E-state index contributed by atoms with van der Waals surface area (Å²) in [5.41, 5.74) is 1.72. The molecule has 0 unspecified atom stereocenters. The van der Waals surface area contributed by atoms with Crippen LogP contribution in [0.15, 0.2) is 53.0 Å². The maximum atomic E-state index is 13.2. The molecule has 2 aromatic rings. The van der Waals surface area contributed by atoms with E-state index in [4.69, 9.17) is 12.2 Å². The first-order chi connectivity index (χ1) is 11.6. The number of hydrogen-bond donors (Lipinski definition) is 0. The van der Waals surface area contributed by atoms with Gasteiger partial charge in [-0.15, -0.1) is 11.8 Å². The van der Waals surface area contributed by atoms with E-state index in [-0.39, 0.29) is 23.1 Å². The molecule has 1 amide bonds. The van der Waals surface area contributed by atoms with Crippen LogP contribution in [0.5, 0.6) is 0 Å². The molecule has 2 heterocycles. The smallest absolute Gasteiger partial charge is 0.257 e. The van der Waals surface area contributed by atoms with Gasteiger partial charge < -0.3 is 4.90 Å². The molecule has 0 spiro atoms. The van der Waals surface area contributed by atoms with Gasteiger partial charge in [-0.2, -0.15) is 0 Å². The second kappa shape index (κ2) is 6.13. The first-order valence-electron chi connectivity index (χ1n) is 7.35. The molecule has 0 aromatic heterocycles. The standard InChI is InChI=1S/C17H12BrFN2OS2/c18-11-3-1-10(2-4-11)16-21-14(9-24-16)15(22)20(17(21)23)13-7-5-12(19)6-8-13/h1-8,14,16H,9H2/t14-,16+/m1/s1. The van der Waals surface area contributed by atoms with E-state index < -0.39 is 0 Å². The van der Waals surface area contributed by atoms with Crippen molar-refractivity contribution >= 4 is 56.6 Å². The fourth-order valence-corrected chi connectivity index (χ4v) is 5.18. The van der Waals surface area contributed by atoms with E-state index >= 15 is 0 Å². The van der Waals surface area contributed by atoms with Gasteiger partial charge in [0, 0.05) is 10.2 Å². The van der Waals surface area contributed by atoms with Gasteiger partial charge >= 0.3 is 0 Å². The Balaban J connectivity index is 1.67. The van der Waals surface area contributed by atoms with Crippen LogP contribution in [0.1, 0.15) is 10.9 Å². The van der Waals surface area contributed by atoms with Crippen molar-refractivity contribution in [1.29, 1.82) is 0 Å². The van der Waals surface area contributed by atoms with Crippen molar-refractivity contribution in [2.45, 2.75) is 11.4 Å². The van der Waals surface area contributed by atoms with Crippen LogP contribution in [0.2, 0.25) is 0 Å². The molecule has 2 aromatic carbocycles. The van der Waals surface area contributed by atoms with Crippen molar-refractivity contribution < 1.29 is 9.18 Å². The summed E-state index contributed by atoms with van der Waals surface area (Å²) in [5.74, 6) is 0.316. The van der Waals surface area contributed by atoms with E-state index in [1.807, 2.05) is 29.2 Å². The number of carbonyl (C=O) groups is 1. The molecule has 3 nitrogen and oxygen atoms in total. The highest BCUT2D eigenvalue weighted by molar-refractivity contribution is 9.10. The normalized spacial score (nSPS) is 23.1. The van der Waals surface area contributed by atoms with Gasteiger partial charge in [-0.3, -0.25) is 9.69 Å². The molecular formula is C17H12BrFN2OS2. The SMILES string of the molecule is O=C1[C@H]2CS[C@@H](c3ccc(Br)cc3)N2C(=S)N1c1ccc(F)cc1. The van der Waals surface area contributed by atoms with Crippen molar-refractivity contribution in [3.63, 3.8) is 0 Å². The van der Waals surface area contributed by atoms with Gasteiger partial charge in [-0.05, 0) is 54.2 Å². The second-order valence-electron chi connectivity index (χ2n) is 5.59. The first-order valence-corrected chi connectivity index (χ1v) is 9.60. The molecule has 122 valence electrons. The molecule has 2 aliphatic rings. The topological polar surface area (TPSA) is 23.6 Å². The largest absolute Gasteiger partial charge is 0.319 e. The lowest BCUT2D eigenvalue weighted by molar-refractivity contribution is -0.119. The highest BCUT2D eigenvalue weighted by atomic mass is 79.9. The number of thiocarbonyl (C=S) groups is 1. The van der Waals surface area contributed by atoms with Gasteiger partial charge in [0.25, 0.3) is 5.91 Å². The number of carbonyl (C=O) groups excluding carboxylic acids is 1.